The Labute approximate surface area is 157 Å². The first kappa shape index (κ1) is 17.5. The topological polar surface area (TPSA) is 37.0 Å². The van der Waals surface area contributed by atoms with E-state index in [0.717, 1.165) is 17.1 Å². The fourth-order valence-electron chi connectivity index (χ4n) is 2.22. The molecule has 1 heterocycles. The Kier molecular flexibility index (Phi) is 6.42. The third kappa shape index (κ3) is 5.89. The first-order valence-corrected chi connectivity index (χ1v) is 9.40. The molecule has 0 aliphatic heterocycles. The number of nitrogens with zero attached hydrogens (tertiary/aromatic N) is 1. The van der Waals surface area contributed by atoms with E-state index >= 15 is 0 Å². The van der Waals surface area contributed by atoms with Crippen LogP contribution in [0.3, 0.4) is 0 Å². The molecule has 1 aromatic heterocycles. The molecule has 126 valence electrons. The molecule has 0 unspecified atom stereocenters. The van der Waals surface area contributed by atoms with Gasteiger partial charge in [-0.05, 0) is 54.2 Å². The van der Waals surface area contributed by atoms with Crippen LogP contribution >= 0.6 is 24.0 Å². The van der Waals surface area contributed by atoms with Gasteiger partial charge >= 0.3 is 0 Å². The summed E-state index contributed by atoms with van der Waals surface area (Å²) in [6.45, 7) is 0.610. The summed E-state index contributed by atoms with van der Waals surface area (Å²) in [7, 11) is 0. The average Bonchev–Trinajstić information content (AvgIpc) is 2.67. The van der Waals surface area contributed by atoms with Crippen LogP contribution in [0.25, 0.3) is 0 Å². The molecule has 5 heteroatoms. The van der Waals surface area contributed by atoms with Crippen molar-refractivity contribution in [1.82, 2.24) is 10.3 Å². The molecule has 0 aliphatic carbocycles. The molecule has 2 N–H and O–H groups in total. The summed E-state index contributed by atoms with van der Waals surface area (Å²) in [5.74, 6) is 0.951. The van der Waals surface area contributed by atoms with Gasteiger partial charge in [-0.1, -0.05) is 36.4 Å². The molecule has 0 amide bonds. The summed E-state index contributed by atoms with van der Waals surface area (Å²) in [5.41, 5.74) is 3.22. The summed E-state index contributed by atoms with van der Waals surface area (Å²) in [6, 6.07) is 24.6. The number of pyridine rings is 1. The summed E-state index contributed by atoms with van der Waals surface area (Å²) in [4.78, 5) is 5.54. The molecule has 0 bridgehead atoms. The van der Waals surface area contributed by atoms with Crippen LogP contribution < -0.4 is 10.6 Å². The highest BCUT2D eigenvalue weighted by Gasteiger charge is 2.00. The van der Waals surface area contributed by atoms with Gasteiger partial charge in [-0.2, -0.15) is 0 Å². The van der Waals surface area contributed by atoms with Gasteiger partial charge in [-0.3, -0.25) is 4.98 Å². The van der Waals surface area contributed by atoms with Crippen LogP contribution in [-0.4, -0.2) is 10.1 Å². The van der Waals surface area contributed by atoms with E-state index in [1.54, 1.807) is 6.20 Å². The molecule has 0 aliphatic rings. The van der Waals surface area contributed by atoms with Crippen LogP contribution in [0.1, 0.15) is 11.3 Å². The predicted octanol–water partition coefficient (Wildman–Crippen LogP) is 4.86. The molecular weight excluding hydrogens is 346 g/mol. The van der Waals surface area contributed by atoms with Gasteiger partial charge in [-0.25, -0.2) is 0 Å². The highest BCUT2D eigenvalue weighted by atomic mass is 32.2. The standard InChI is InChI=1S/C20H19N3S2/c24-20(22-14-18-6-4-5-13-21-18)23-17-11-9-16(10-12-17)15-25-19-7-2-1-3-8-19/h1-13H,14-15H2,(H2,22,23,24). The van der Waals surface area contributed by atoms with E-state index in [1.807, 2.05) is 36.0 Å². The van der Waals surface area contributed by atoms with Crippen molar-refractivity contribution < 1.29 is 0 Å². The molecule has 0 saturated carbocycles. The largest absolute Gasteiger partial charge is 0.357 e. The first-order chi connectivity index (χ1) is 12.3. The number of aromatic nitrogens is 1. The Morgan fingerprint density at radius 3 is 2.40 bits per heavy atom. The number of nitrogens with one attached hydrogen (secondary N) is 2. The van der Waals surface area contributed by atoms with Gasteiger partial charge in [0.2, 0.25) is 0 Å². The van der Waals surface area contributed by atoms with Crippen molar-refractivity contribution >= 4 is 34.8 Å². The Hall–Kier alpha value is -2.37. The maximum absolute atomic E-state index is 5.33. The quantitative estimate of drug-likeness (QED) is 0.482. The lowest BCUT2D eigenvalue weighted by atomic mass is 10.2. The van der Waals surface area contributed by atoms with Gasteiger partial charge < -0.3 is 10.6 Å². The van der Waals surface area contributed by atoms with Gasteiger partial charge in [0.15, 0.2) is 5.11 Å². The second-order valence-electron chi connectivity index (χ2n) is 5.43. The fraction of sp³-hybridized carbons (Fsp3) is 0.100. The maximum atomic E-state index is 5.33. The zero-order valence-electron chi connectivity index (χ0n) is 13.7. The van der Waals surface area contributed by atoms with Gasteiger partial charge in [0.05, 0.1) is 12.2 Å². The molecule has 0 spiro atoms. The van der Waals surface area contributed by atoms with E-state index in [4.69, 9.17) is 12.2 Å². The number of rotatable bonds is 6. The van der Waals surface area contributed by atoms with Crippen molar-refractivity contribution in [2.24, 2.45) is 0 Å². The third-order valence-corrected chi connectivity index (χ3v) is 4.85. The molecule has 0 fully saturated rings. The van der Waals surface area contributed by atoms with Crippen molar-refractivity contribution in [2.75, 3.05) is 5.32 Å². The summed E-state index contributed by atoms with van der Waals surface area (Å²) < 4.78 is 0. The predicted molar refractivity (Wildman–Crippen MR) is 110 cm³/mol. The van der Waals surface area contributed by atoms with E-state index in [2.05, 4.69) is 64.1 Å². The highest BCUT2D eigenvalue weighted by molar-refractivity contribution is 7.98. The van der Waals surface area contributed by atoms with Gasteiger partial charge in [0.25, 0.3) is 0 Å². The smallest absolute Gasteiger partial charge is 0.171 e. The Morgan fingerprint density at radius 2 is 1.68 bits per heavy atom. The van der Waals surface area contributed by atoms with Crippen molar-refractivity contribution in [2.45, 2.75) is 17.2 Å². The minimum atomic E-state index is 0.595. The van der Waals surface area contributed by atoms with Crippen LogP contribution in [0.2, 0.25) is 0 Å². The van der Waals surface area contributed by atoms with Gasteiger partial charge in [-0.15, -0.1) is 11.8 Å². The SMILES string of the molecule is S=C(NCc1ccccn1)Nc1ccc(CSc2ccccc2)cc1. The zero-order chi connectivity index (χ0) is 17.3. The first-order valence-electron chi connectivity index (χ1n) is 8.01. The highest BCUT2D eigenvalue weighted by Crippen LogP contribution is 2.23. The minimum absolute atomic E-state index is 0.595. The molecule has 25 heavy (non-hydrogen) atoms. The van der Waals surface area contributed by atoms with E-state index in [9.17, 15) is 0 Å². The monoisotopic (exact) mass is 365 g/mol. The second-order valence-corrected chi connectivity index (χ2v) is 6.88. The summed E-state index contributed by atoms with van der Waals surface area (Å²) in [5, 5.41) is 6.96. The van der Waals surface area contributed by atoms with Gasteiger partial charge in [0, 0.05) is 22.5 Å². The van der Waals surface area contributed by atoms with E-state index in [0.29, 0.717) is 11.7 Å². The number of hydrogen-bond acceptors (Lipinski definition) is 3. The second kappa shape index (κ2) is 9.20. The van der Waals surface area contributed by atoms with Crippen LogP contribution in [-0.2, 0) is 12.3 Å². The lowest BCUT2D eigenvalue weighted by Gasteiger charge is -2.11. The lowest BCUT2D eigenvalue weighted by Crippen LogP contribution is -2.28. The number of thiocarbonyl (C=S) groups is 1. The molecule has 0 atom stereocenters. The molecule has 3 rings (SSSR count). The average molecular weight is 366 g/mol. The van der Waals surface area contributed by atoms with Crippen LogP contribution in [0.5, 0.6) is 0 Å². The van der Waals surface area contributed by atoms with E-state index < -0.39 is 0 Å². The minimum Gasteiger partial charge on any atom is -0.357 e. The van der Waals surface area contributed by atoms with Crippen molar-refractivity contribution in [3.8, 4) is 0 Å². The van der Waals surface area contributed by atoms with E-state index in [1.165, 1.54) is 10.5 Å². The molecule has 2 aromatic carbocycles. The number of anilines is 1. The molecule has 0 radical (unpaired) electrons. The molecule has 3 nitrogen and oxygen atoms in total. The number of benzene rings is 2. The van der Waals surface area contributed by atoms with Gasteiger partial charge in [0.1, 0.15) is 0 Å². The maximum Gasteiger partial charge on any atom is 0.171 e. The van der Waals surface area contributed by atoms with Crippen LogP contribution in [0, 0.1) is 0 Å². The lowest BCUT2D eigenvalue weighted by molar-refractivity contribution is 0.882. The third-order valence-electron chi connectivity index (χ3n) is 3.52. The summed E-state index contributed by atoms with van der Waals surface area (Å²) in [6.07, 6.45) is 1.78. The molecule has 0 saturated heterocycles. The van der Waals surface area contributed by atoms with Crippen molar-refractivity contribution in [1.29, 1.82) is 0 Å². The Bertz CT molecular complexity index is 790. The van der Waals surface area contributed by atoms with Crippen LogP contribution in [0.15, 0.2) is 83.9 Å². The summed E-state index contributed by atoms with van der Waals surface area (Å²) >= 11 is 7.16. The van der Waals surface area contributed by atoms with Crippen molar-refractivity contribution in [3.63, 3.8) is 0 Å². The zero-order valence-corrected chi connectivity index (χ0v) is 15.3. The van der Waals surface area contributed by atoms with Crippen molar-refractivity contribution in [3.05, 3.63) is 90.3 Å². The Balaban J connectivity index is 1.46. The molecular formula is C20H19N3S2. The van der Waals surface area contributed by atoms with Crippen LogP contribution in [0.4, 0.5) is 5.69 Å². The number of hydrogen-bond donors (Lipinski definition) is 2. The van der Waals surface area contributed by atoms with E-state index in [-0.39, 0.29) is 0 Å². The number of thioether (sulfide) groups is 1. The normalized spacial score (nSPS) is 10.2. The Morgan fingerprint density at radius 1 is 0.920 bits per heavy atom. The molecule has 3 aromatic rings. The fourth-order valence-corrected chi connectivity index (χ4v) is 3.28.